The Balaban J connectivity index is 1.41. The predicted octanol–water partition coefficient (Wildman–Crippen LogP) is 3.53. The van der Waals surface area contributed by atoms with Crippen LogP contribution in [0.2, 0.25) is 0 Å². The van der Waals surface area contributed by atoms with Crippen LogP contribution < -0.4 is 10.2 Å². The van der Waals surface area contributed by atoms with Gasteiger partial charge in [-0.1, -0.05) is 25.0 Å². The Morgan fingerprint density at radius 2 is 1.81 bits per heavy atom. The van der Waals surface area contributed by atoms with Crippen molar-refractivity contribution in [2.45, 2.75) is 50.4 Å². The summed E-state index contributed by atoms with van der Waals surface area (Å²) in [4.78, 5) is 24.5. The number of carbonyl (C=O) groups excluding carboxylic acids is 1. The molecule has 164 valence electrons. The molecule has 2 aromatic rings. The van der Waals surface area contributed by atoms with Gasteiger partial charge in [-0.3, -0.25) is 4.79 Å². The lowest BCUT2D eigenvalue weighted by Gasteiger charge is -2.28. The highest BCUT2D eigenvalue weighted by Gasteiger charge is 2.43. The summed E-state index contributed by atoms with van der Waals surface area (Å²) in [7, 11) is 1.49. The number of hydrogen-bond donors (Lipinski definition) is 1. The molecular formula is C24H30N4O3. The van der Waals surface area contributed by atoms with E-state index < -0.39 is 5.41 Å². The van der Waals surface area contributed by atoms with Crippen LogP contribution in [0.5, 0.6) is 0 Å². The minimum absolute atomic E-state index is 0.116. The van der Waals surface area contributed by atoms with Gasteiger partial charge in [-0.2, -0.15) is 4.98 Å². The average molecular weight is 423 g/mol. The third-order valence-electron chi connectivity index (χ3n) is 6.95. The number of ether oxygens (including phenoxy) is 2. The molecule has 1 saturated heterocycles. The molecule has 2 fully saturated rings. The molecule has 2 aliphatic carbocycles. The van der Waals surface area contributed by atoms with Crippen molar-refractivity contribution in [3.8, 4) is 0 Å². The van der Waals surface area contributed by atoms with E-state index in [1.54, 1.807) is 0 Å². The molecule has 0 bridgehead atoms. The highest BCUT2D eigenvalue weighted by atomic mass is 16.5. The Labute approximate surface area is 183 Å². The lowest BCUT2D eigenvalue weighted by atomic mass is 9.79. The van der Waals surface area contributed by atoms with Crippen LogP contribution in [0.4, 0.5) is 17.5 Å². The third kappa shape index (κ3) is 3.76. The molecule has 3 aliphatic rings. The zero-order valence-corrected chi connectivity index (χ0v) is 18.2. The fourth-order valence-corrected chi connectivity index (χ4v) is 5.22. The van der Waals surface area contributed by atoms with Gasteiger partial charge >= 0.3 is 5.97 Å². The quantitative estimate of drug-likeness (QED) is 0.739. The minimum atomic E-state index is -0.493. The number of hydrogen-bond acceptors (Lipinski definition) is 7. The van der Waals surface area contributed by atoms with Crippen LogP contribution in [0.15, 0.2) is 24.3 Å². The van der Waals surface area contributed by atoms with Gasteiger partial charge in [-0.15, -0.1) is 0 Å². The smallest absolute Gasteiger partial charge is 0.316 e. The van der Waals surface area contributed by atoms with Gasteiger partial charge in [0.2, 0.25) is 5.95 Å². The van der Waals surface area contributed by atoms with E-state index in [1.165, 1.54) is 12.7 Å². The number of methoxy groups -OCH3 is 1. The first-order chi connectivity index (χ1) is 15.2. The first-order valence-electron chi connectivity index (χ1n) is 11.4. The second kappa shape index (κ2) is 8.46. The molecule has 0 unspecified atom stereocenters. The van der Waals surface area contributed by atoms with Gasteiger partial charge in [0.25, 0.3) is 0 Å². The Hall–Kier alpha value is -2.67. The summed E-state index contributed by atoms with van der Waals surface area (Å²) >= 11 is 0. The minimum Gasteiger partial charge on any atom is -0.468 e. The first kappa shape index (κ1) is 20.2. The van der Waals surface area contributed by atoms with Gasteiger partial charge in [0.1, 0.15) is 5.82 Å². The summed E-state index contributed by atoms with van der Waals surface area (Å²) in [6, 6.07) is 8.23. The van der Waals surface area contributed by atoms with E-state index in [9.17, 15) is 4.79 Å². The van der Waals surface area contributed by atoms with E-state index in [1.807, 2.05) is 0 Å². The largest absolute Gasteiger partial charge is 0.468 e. The van der Waals surface area contributed by atoms with Gasteiger partial charge in [-0.25, -0.2) is 4.98 Å². The normalized spacial score (nSPS) is 19.8. The van der Waals surface area contributed by atoms with Crippen molar-refractivity contribution < 1.29 is 14.3 Å². The summed E-state index contributed by atoms with van der Waals surface area (Å²) in [5, 5.41) is 3.53. The average Bonchev–Trinajstić information content (AvgIpc) is 3.50. The molecule has 1 saturated carbocycles. The highest BCUT2D eigenvalue weighted by Crippen LogP contribution is 2.42. The lowest BCUT2D eigenvalue weighted by molar-refractivity contribution is -0.147. The summed E-state index contributed by atoms with van der Waals surface area (Å²) in [6.45, 7) is 3.07. The number of nitrogens with zero attached hydrogens (tertiary/aromatic N) is 3. The Morgan fingerprint density at radius 3 is 2.52 bits per heavy atom. The number of anilines is 3. The number of nitrogens with one attached hydrogen (secondary N) is 1. The van der Waals surface area contributed by atoms with Gasteiger partial charge < -0.3 is 19.7 Å². The van der Waals surface area contributed by atoms with E-state index in [2.05, 4.69) is 34.5 Å². The molecule has 1 aromatic heterocycles. The van der Waals surface area contributed by atoms with E-state index in [-0.39, 0.29) is 5.97 Å². The summed E-state index contributed by atoms with van der Waals surface area (Å²) in [5.41, 5.74) is 3.91. The van der Waals surface area contributed by atoms with Crippen molar-refractivity contribution >= 4 is 23.4 Å². The number of aryl methyl sites for hydroxylation is 1. The first-order valence-corrected chi connectivity index (χ1v) is 11.4. The molecule has 7 nitrogen and oxygen atoms in total. The maximum atomic E-state index is 12.6. The fourth-order valence-electron chi connectivity index (χ4n) is 5.22. The molecule has 1 aliphatic heterocycles. The van der Waals surface area contributed by atoms with Gasteiger partial charge in [0.05, 0.1) is 31.4 Å². The molecule has 0 amide bonds. The number of aromatic nitrogens is 2. The molecule has 0 radical (unpaired) electrons. The van der Waals surface area contributed by atoms with Crippen molar-refractivity contribution in [2.75, 3.05) is 43.6 Å². The second-order valence-electron chi connectivity index (χ2n) is 8.73. The lowest BCUT2D eigenvalue weighted by Crippen LogP contribution is -2.37. The number of esters is 1. The van der Waals surface area contributed by atoms with Gasteiger partial charge in [-0.05, 0) is 49.8 Å². The van der Waals surface area contributed by atoms with Crippen molar-refractivity contribution in [1.29, 1.82) is 0 Å². The van der Waals surface area contributed by atoms with Gasteiger partial charge in [0, 0.05) is 24.3 Å². The third-order valence-corrected chi connectivity index (χ3v) is 6.95. The molecule has 5 rings (SSSR count). The summed E-state index contributed by atoms with van der Waals surface area (Å²) in [6.07, 6.45) is 6.96. The number of rotatable bonds is 5. The zero-order chi connectivity index (χ0) is 21.3. The van der Waals surface area contributed by atoms with E-state index in [4.69, 9.17) is 19.4 Å². The number of carbonyl (C=O) groups is 1. The predicted molar refractivity (Wildman–Crippen MR) is 119 cm³/mol. The molecule has 1 N–H and O–H groups in total. The maximum Gasteiger partial charge on any atom is 0.316 e. The molecule has 0 spiro atoms. The maximum absolute atomic E-state index is 12.6. The number of morpholine rings is 1. The van der Waals surface area contributed by atoms with Crippen LogP contribution in [0.25, 0.3) is 0 Å². The monoisotopic (exact) mass is 422 g/mol. The van der Waals surface area contributed by atoms with Crippen LogP contribution in [0, 0.1) is 0 Å². The highest BCUT2D eigenvalue weighted by molar-refractivity contribution is 5.83. The fraction of sp³-hybridized carbons (Fsp3) is 0.542. The Kier molecular flexibility index (Phi) is 5.52. The summed E-state index contributed by atoms with van der Waals surface area (Å²) < 4.78 is 10.6. The van der Waals surface area contributed by atoms with E-state index in [0.717, 1.165) is 86.7 Å². The number of fused-ring (bicyclic) bond motifs is 1. The van der Waals surface area contributed by atoms with Crippen molar-refractivity contribution in [2.24, 2.45) is 0 Å². The van der Waals surface area contributed by atoms with Crippen molar-refractivity contribution in [3.05, 3.63) is 41.1 Å². The van der Waals surface area contributed by atoms with Crippen LogP contribution in [0.1, 0.15) is 48.9 Å². The molecule has 31 heavy (non-hydrogen) atoms. The Morgan fingerprint density at radius 1 is 1.06 bits per heavy atom. The second-order valence-corrected chi connectivity index (χ2v) is 8.73. The van der Waals surface area contributed by atoms with E-state index >= 15 is 0 Å². The standard InChI is InChI=1S/C24H30N4O3/c1-30-22(29)24(11-2-3-12-24)17-7-9-18(10-8-17)25-21-19-5-4-6-20(19)26-23(27-21)28-13-15-31-16-14-28/h7-10H,2-6,11-16H2,1H3,(H,25,26,27). The molecule has 2 heterocycles. The molecule has 0 atom stereocenters. The summed E-state index contributed by atoms with van der Waals surface area (Å²) in [5.74, 6) is 1.58. The van der Waals surface area contributed by atoms with Crippen LogP contribution >= 0.6 is 0 Å². The van der Waals surface area contributed by atoms with Crippen LogP contribution in [-0.4, -0.2) is 49.4 Å². The SMILES string of the molecule is COC(=O)C1(c2ccc(Nc3nc(N4CCOCC4)nc4c3CCC4)cc2)CCCC1. The topological polar surface area (TPSA) is 76.6 Å². The molecule has 1 aromatic carbocycles. The zero-order valence-electron chi connectivity index (χ0n) is 18.2. The Bertz CT molecular complexity index is 948. The van der Waals surface area contributed by atoms with Gasteiger partial charge in [0.15, 0.2) is 0 Å². The van der Waals surface area contributed by atoms with Crippen molar-refractivity contribution in [1.82, 2.24) is 9.97 Å². The van der Waals surface area contributed by atoms with E-state index in [0.29, 0.717) is 13.2 Å². The molecular weight excluding hydrogens is 392 g/mol. The number of benzene rings is 1. The van der Waals surface area contributed by atoms with Crippen LogP contribution in [0.3, 0.4) is 0 Å². The van der Waals surface area contributed by atoms with Crippen molar-refractivity contribution in [3.63, 3.8) is 0 Å². The van der Waals surface area contributed by atoms with Crippen LogP contribution in [-0.2, 0) is 32.5 Å². The molecule has 7 heteroatoms.